The molecule has 1 fully saturated rings. The predicted molar refractivity (Wildman–Crippen MR) is 90.6 cm³/mol. The second-order valence-corrected chi connectivity index (χ2v) is 5.02. The Morgan fingerprint density at radius 1 is 1.04 bits per heavy atom. The van der Waals surface area contributed by atoms with Crippen LogP contribution < -0.4 is 10.6 Å². The highest BCUT2D eigenvalue weighted by Crippen LogP contribution is 2.20. The quantitative estimate of drug-likeness (QED) is 0.671. The highest BCUT2D eigenvalue weighted by molar-refractivity contribution is 6.16. The van der Waals surface area contributed by atoms with Gasteiger partial charge in [0, 0.05) is 0 Å². The van der Waals surface area contributed by atoms with Crippen LogP contribution in [0.3, 0.4) is 0 Å². The molecule has 0 radical (unpaired) electrons. The normalized spacial score (nSPS) is 16.8. The first-order valence-corrected chi connectivity index (χ1v) is 7.28. The van der Waals surface area contributed by atoms with Gasteiger partial charge in [-0.15, -0.1) is 0 Å². The number of hydrogen-bond acceptors (Lipinski definition) is 4. The predicted octanol–water partition coefficient (Wildman–Crippen LogP) is 2.22. The van der Waals surface area contributed by atoms with Gasteiger partial charge in [-0.2, -0.15) is 0 Å². The summed E-state index contributed by atoms with van der Waals surface area (Å²) in [6.45, 7) is 0. The number of nitrogens with one attached hydrogen (secondary N) is 2. The number of amides is 1. The Labute approximate surface area is 138 Å². The van der Waals surface area contributed by atoms with Crippen LogP contribution in [-0.2, 0) is 9.53 Å². The minimum absolute atomic E-state index is 0.263. The number of guanidine groups is 1. The van der Waals surface area contributed by atoms with E-state index in [1.54, 1.807) is 30.3 Å². The van der Waals surface area contributed by atoms with Gasteiger partial charge in [0.15, 0.2) is 0 Å². The van der Waals surface area contributed by atoms with E-state index in [9.17, 15) is 9.59 Å². The van der Waals surface area contributed by atoms with Crippen molar-refractivity contribution in [3.05, 3.63) is 71.4 Å². The Balaban J connectivity index is 1.88. The summed E-state index contributed by atoms with van der Waals surface area (Å²) in [6, 6.07) is 16.2. The van der Waals surface area contributed by atoms with E-state index < -0.39 is 5.97 Å². The van der Waals surface area contributed by atoms with Crippen molar-refractivity contribution in [2.24, 2.45) is 4.99 Å². The monoisotopic (exact) mass is 321 g/mol. The standard InChI is InChI=1S/C18H15N3O3/c1-24-17(23)13-9-5-6-10-14(13)19-18-20-15(16(22)21-18)11-12-7-3-2-4-8-12/h2-11H,1H3,(H2,19,20,21,22)/b15-11+. The maximum atomic E-state index is 12.0. The number of benzene rings is 2. The van der Waals surface area contributed by atoms with Gasteiger partial charge in [-0.3, -0.25) is 10.1 Å². The lowest BCUT2D eigenvalue weighted by Gasteiger charge is -2.04. The summed E-state index contributed by atoms with van der Waals surface area (Å²) in [5.74, 6) is -0.508. The lowest BCUT2D eigenvalue weighted by Crippen LogP contribution is -2.24. The van der Waals surface area contributed by atoms with Gasteiger partial charge in [0.1, 0.15) is 5.70 Å². The van der Waals surface area contributed by atoms with Crippen molar-refractivity contribution in [1.82, 2.24) is 10.6 Å². The fourth-order valence-corrected chi connectivity index (χ4v) is 2.24. The first-order valence-electron chi connectivity index (χ1n) is 7.28. The molecular formula is C18H15N3O3. The van der Waals surface area contributed by atoms with Crippen molar-refractivity contribution in [2.75, 3.05) is 7.11 Å². The van der Waals surface area contributed by atoms with E-state index in [4.69, 9.17) is 4.74 Å². The van der Waals surface area contributed by atoms with E-state index in [0.717, 1.165) is 5.56 Å². The molecule has 2 aromatic carbocycles. The molecular weight excluding hydrogens is 306 g/mol. The van der Waals surface area contributed by atoms with Gasteiger partial charge in [-0.1, -0.05) is 42.5 Å². The van der Waals surface area contributed by atoms with Gasteiger partial charge in [0.25, 0.3) is 5.91 Å². The van der Waals surface area contributed by atoms with Crippen LogP contribution in [0.5, 0.6) is 0 Å². The number of hydrogen-bond donors (Lipinski definition) is 2. The summed E-state index contributed by atoms with van der Waals surface area (Å²) in [6.07, 6.45) is 1.73. The van der Waals surface area contributed by atoms with Crippen LogP contribution in [0, 0.1) is 0 Å². The Morgan fingerprint density at radius 3 is 2.50 bits per heavy atom. The Kier molecular flexibility index (Phi) is 4.38. The van der Waals surface area contributed by atoms with E-state index in [2.05, 4.69) is 15.6 Å². The summed E-state index contributed by atoms with van der Waals surface area (Å²) in [4.78, 5) is 28.1. The number of carbonyl (C=O) groups excluding carboxylic acids is 2. The van der Waals surface area contributed by atoms with Crippen LogP contribution in [0.2, 0.25) is 0 Å². The van der Waals surface area contributed by atoms with Crippen molar-refractivity contribution >= 4 is 29.6 Å². The average Bonchev–Trinajstić information content (AvgIpc) is 2.95. The lowest BCUT2D eigenvalue weighted by molar-refractivity contribution is -0.115. The zero-order valence-electron chi connectivity index (χ0n) is 12.9. The van der Waals surface area contributed by atoms with Gasteiger partial charge < -0.3 is 10.1 Å². The molecule has 2 N–H and O–H groups in total. The Morgan fingerprint density at radius 2 is 1.75 bits per heavy atom. The molecule has 1 saturated heterocycles. The van der Waals surface area contributed by atoms with Crippen LogP contribution in [-0.4, -0.2) is 24.9 Å². The maximum absolute atomic E-state index is 12.0. The van der Waals surface area contributed by atoms with Crippen LogP contribution in [0.1, 0.15) is 15.9 Å². The molecule has 24 heavy (non-hydrogen) atoms. The van der Waals surface area contributed by atoms with Crippen LogP contribution >= 0.6 is 0 Å². The molecule has 0 aromatic heterocycles. The summed E-state index contributed by atoms with van der Waals surface area (Å²) in [5.41, 5.74) is 2.01. The molecule has 3 rings (SSSR count). The summed E-state index contributed by atoms with van der Waals surface area (Å²) in [7, 11) is 1.31. The smallest absolute Gasteiger partial charge is 0.340 e. The first-order chi connectivity index (χ1) is 11.7. The summed E-state index contributed by atoms with van der Waals surface area (Å²) in [5, 5.41) is 5.56. The van der Waals surface area contributed by atoms with Crippen molar-refractivity contribution in [2.45, 2.75) is 0 Å². The zero-order valence-corrected chi connectivity index (χ0v) is 12.9. The number of para-hydroxylation sites is 1. The number of esters is 1. The van der Waals surface area contributed by atoms with Crippen LogP contribution in [0.25, 0.3) is 6.08 Å². The van der Waals surface area contributed by atoms with E-state index in [-0.39, 0.29) is 11.9 Å². The van der Waals surface area contributed by atoms with Crippen LogP contribution in [0.4, 0.5) is 5.69 Å². The molecule has 2 aromatic rings. The molecule has 1 amide bonds. The number of rotatable bonds is 3. The molecule has 1 aliphatic heterocycles. The average molecular weight is 321 g/mol. The minimum Gasteiger partial charge on any atom is -0.465 e. The fraction of sp³-hybridized carbons (Fsp3) is 0.0556. The second-order valence-electron chi connectivity index (χ2n) is 5.02. The molecule has 0 spiro atoms. The second kappa shape index (κ2) is 6.78. The van der Waals surface area contributed by atoms with Gasteiger partial charge in [0.2, 0.25) is 5.96 Å². The number of aliphatic imine (C=N–C) groups is 1. The first kappa shape index (κ1) is 15.5. The van der Waals surface area contributed by atoms with Gasteiger partial charge in [-0.25, -0.2) is 9.79 Å². The lowest BCUT2D eigenvalue weighted by atomic mass is 10.2. The van der Waals surface area contributed by atoms with Crippen molar-refractivity contribution in [3.8, 4) is 0 Å². The number of methoxy groups -OCH3 is 1. The fourth-order valence-electron chi connectivity index (χ4n) is 2.24. The van der Waals surface area contributed by atoms with E-state index in [0.29, 0.717) is 16.9 Å². The van der Waals surface area contributed by atoms with Gasteiger partial charge in [-0.05, 0) is 23.8 Å². The molecule has 1 aliphatic rings. The molecule has 120 valence electrons. The van der Waals surface area contributed by atoms with Crippen molar-refractivity contribution in [3.63, 3.8) is 0 Å². The minimum atomic E-state index is -0.487. The van der Waals surface area contributed by atoms with Gasteiger partial charge >= 0.3 is 5.97 Å². The largest absolute Gasteiger partial charge is 0.465 e. The third kappa shape index (κ3) is 3.33. The zero-order chi connectivity index (χ0) is 16.9. The Hall–Kier alpha value is -3.41. The summed E-state index contributed by atoms with van der Waals surface area (Å²) < 4.78 is 4.74. The highest BCUT2D eigenvalue weighted by Gasteiger charge is 2.22. The maximum Gasteiger partial charge on any atom is 0.340 e. The van der Waals surface area contributed by atoms with Gasteiger partial charge in [0.05, 0.1) is 18.4 Å². The number of carbonyl (C=O) groups is 2. The van der Waals surface area contributed by atoms with E-state index >= 15 is 0 Å². The molecule has 6 heteroatoms. The molecule has 0 saturated carbocycles. The Bertz CT molecular complexity index is 842. The summed E-state index contributed by atoms with van der Waals surface area (Å²) >= 11 is 0. The van der Waals surface area contributed by atoms with E-state index in [1.165, 1.54) is 7.11 Å². The van der Waals surface area contributed by atoms with E-state index in [1.807, 2.05) is 30.3 Å². The van der Waals surface area contributed by atoms with Crippen molar-refractivity contribution < 1.29 is 14.3 Å². The van der Waals surface area contributed by atoms with Crippen LogP contribution in [0.15, 0.2) is 65.3 Å². The SMILES string of the molecule is COC(=O)c1ccccc1N=C1NC(=O)/C(=C\c2ccccc2)N1. The third-order valence-corrected chi connectivity index (χ3v) is 3.38. The highest BCUT2D eigenvalue weighted by atomic mass is 16.5. The molecule has 0 bridgehead atoms. The molecule has 6 nitrogen and oxygen atoms in total. The molecule has 0 aliphatic carbocycles. The third-order valence-electron chi connectivity index (χ3n) is 3.38. The number of nitrogens with zero attached hydrogens (tertiary/aromatic N) is 1. The van der Waals surface area contributed by atoms with Crippen molar-refractivity contribution in [1.29, 1.82) is 0 Å². The molecule has 1 heterocycles. The number of ether oxygens (including phenoxy) is 1. The molecule has 0 atom stereocenters. The molecule has 0 unspecified atom stereocenters. The topological polar surface area (TPSA) is 79.8 Å².